The number of amides is 1. The number of anilines is 2. The van der Waals surface area contributed by atoms with Gasteiger partial charge in [-0.15, -0.1) is 0 Å². The summed E-state index contributed by atoms with van der Waals surface area (Å²) in [6.45, 7) is 0.0768. The molecule has 0 fully saturated rings. The lowest BCUT2D eigenvalue weighted by atomic mass is 10.1. The zero-order valence-electron chi connectivity index (χ0n) is 12.2. The molecule has 0 atom stereocenters. The number of nitriles is 1. The molecule has 1 amide bonds. The Morgan fingerprint density at radius 2 is 2.24 bits per heavy atom. The van der Waals surface area contributed by atoms with E-state index in [-0.39, 0.29) is 12.5 Å². The maximum atomic E-state index is 12.1. The third-order valence-electron chi connectivity index (χ3n) is 3.40. The van der Waals surface area contributed by atoms with Crippen LogP contribution in [0.2, 0.25) is 0 Å². The highest BCUT2D eigenvalue weighted by atomic mass is 32.1. The Labute approximate surface area is 130 Å². The van der Waals surface area contributed by atoms with Crippen molar-refractivity contribution in [1.82, 2.24) is 4.90 Å². The van der Waals surface area contributed by atoms with Gasteiger partial charge in [-0.25, -0.2) is 0 Å². The highest BCUT2D eigenvalue weighted by Gasteiger charge is 2.22. The van der Waals surface area contributed by atoms with Crippen LogP contribution in [0.3, 0.4) is 0 Å². The van der Waals surface area contributed by atoms with Crippen molar-refractivity contribution in [2.75, 3.05) is 30.9 Å². The summed E-state index contributed by atoms with van der Waals surface area (Å²) in [7, 11) is 3.73. The van der Waals surface area contributed by atoms with Crippen LogP contribution in [0, 0.1) is 11.3 Å². The van der Waals surface area contributed by atoms with Gasteiger partial charge in [0, 0.05) is 26.2 Å². The Hall–Kier alpha value is -2.13. The molecule has 1 aliphatic rings. The first kappa shape index (κ1) is 15.3. The van der Waals surface area contributed by atoms with E-state index in [0.717, 1.165) is 29.8 Å². The number of nitrogens with one attached hydrogen (secondary N) is 1. The zero-order valence-corrected chi connectivity index (χ0v) is 13.0. The first-order chi connectivity index (χ1) is 10.0. The largest absolute Gasteiger partial charge is 0.355 e. The topological polar surface area (TPSA) is 59.4 Å². The van der Waals surface area contributed by atoms with Gasteiger partial charge >= 0.3 is 0 Å². The number of carbonyl (C=O) groups excluding carboxylic acids is 1. The third kappa shape index (κ3) is 3.50. The van der Waals surface area contributed by atoms with Crippen molar-refractivity contribution in [3.8, 4) is 6.07 Å². The molecule has 1 aromatic rings. The van der Waals surface area contributed by atoms with Crippen LogP contribution in [0.25, 0.3) is 0 Å². The molecule has 21 heavy (non-hydrogen) atoms. The van der Waals surface area contributed by atoms with Gasteiger partial charge in [-0.2, -0.15) is 5.26 Å². The number of carbonyl (C=O) groups is 1. The molecule has 0 spiro atoms. The normalized spacial score (nSPS) is 14.0. The summed E-state index contributed by atoms with van der Waals surface area (Å²) in [6, 6.07) is 7.91. The molecular weight excluding hydrogens is 284 g/mol. The number of thiocarbonyl (C=S) groups is 1. The van der Waals surface area contributed by atoms with E-state index in [2.05, 4.69) is 11.4 Å². The Morgan fingerprint density at radius 1 is 1.48 bits per heavy atom. The molecule has 1 heterocycles. The van der Waals surface area contributed by atoms with E-state index in [1.807, 2.05) is 32.3 Å². The fourth-order valence-electron chi connectivity index (χ4n) is 2.28. The molecule has 5 nitrogen and oxygen atoms in total. The molecule has 0 radical (unpaired) electrons. The lowest BCUT2D eigenvalue weighted by molar-refractivity contribution is -0.118. The second-order valence-electron chi connectivity index (χ2n) is 5.16. The SMILES string of the molecule is CN(C)C(=S)Nc1ccc2c(c1)N(CC#N)C(=O)CCC2. The van der Waals surface area contributed by atoms with Crippen molar-refractivity contribution in [2.24, 2.45) is 0 Å². The lowest BCUT2D eigenvalue weighted by Crippen LogP contribution is -2.31. The number of rotatable bonds is 2. The molecule has 1 N–H and O–H groups in total. The van der Waals surface area contributed by atoms with E-state index < -0.39 is 0 Å². The van der Waals surface area contributed by atoms with Gasteiger partial charge in [0.1, 0.15) is 6.54 Å². The molecule has 0 bridgehead atoms. The molecule has 1 aromatic carbocycles. The van der Waals surface area contributed by atoms with Gasteiger partial charge in [0.2, 0.25) is 5.91 Å². The Bertz CT molecular complexity index is 606. The smallest absolute Gasteiger partial charge is 0.227 e. The number of fused-ring (bicyclic) bond motifs is 1. The van der Waals surface area contributed by atoms with Crippen LogP contribution in [0.15, 0.2) is 18.2 Å². The number of nitrogens with zero attached hydrogens (tertiary/aromatic N) is 3. The van der Waals surface area contributed by atoms with Gasteiger partial charge in [-0.3, -0.25) is 9.69 Å². The maximum Gasteiger partial charge on any atom is 0.227 e. The molecular formula is C15H18N4OS. The highest BCUT2D eigenvalue weighted by molar-refractivity contribution is 7.80. The lowest BCUT2D eigenvalue weighted by Gasteiger charge is -2.22. The van der Waals surface area contributed by atoms with E-state index in [1.165, 1.54) is 0 Å². The van der Waals surface area contributed by atoms with Crippen molar-refractivity contribution in [3.63, 3.8) is 0 Å². The fraction of sp³-hybridized carbons (Fsp3) is 0.400. The van der Waals surface area contributed by atoms with Crippen LogP contribution in [0.4, 0.5) is 11.4 Å². The molecule has 110 valence electrons. The van der Waals surface area contributed by atoms with E-state index in [9.17, 15) is 4.79 Å². The minimum atomic E-state index is 0.00244. The highest BCUT2D eigenvalue weighted by Crippen LogP contribution is 2.29. The number of hydrogen-bond donors (Lipinski definition) is 1. The summed E-state index contributed by atoms with van der Waals surface area (Å²) in [5.41, 5.74) is 2.73. The molecule has 0 aliphatic carbocycles. The molecule has 2 rings (SSSR count). The molecule has 0 unspecified atom stereocenters. The summed E-state index contributed by atoms with van der Waals surface area (Å²) < 4.78 is 0. The average molecular weight is 302 g/mol. The van der Waals surface area contributed by atoms with Crippen LogP contribution < -0.4 is 10.2 Å². The first-order valence-electron chi connectivity index (χ1n) is 6.81. The third-order valence-corrected chi connectivity index (χ3v) is 3.87. The van der Waals surface area contributed by atoms with Crippen molar-refractivity contribution < 1.29 is 4.79 Å². The Kier molecular flexibility index (Phi) is 4.76. The van der Waals surface area contributed by atoms with Gasteiger partial charge < -0.3 is 10.2 Å². The minimum Gasteiger partial charge on any atom is -0.355 e. The predicted molar refractivity (Wildman–Crippen MR) is 87.3 cm³/mol. The second kappa shape index (κ2) is 6.55. The van der Waals surface area contributed by atoms with Gasteiger partial charge in [-0.1, -0.05) is 6.07 Å². The molecule has 0 aromatic heterocycles. The minimum absolute atomic E-state index is 0.00244. The molecule has 0 saturated heterocycles. The van der Waals surface area contributed by atoms with Crippen molar-refractivity contribution in [3.05, 3.63) is 23.8 Å². The van der Waals surface area contributed by atoms with Crippen molar-refractivity contribution >= 4 is 34.6 Å². The van der Waals surface area contributed by atoms with E-state index in [0.29, 0.717) is 11.5 Å². The van der Waals surface area contributed by atoms with Gasteiger partial charge in [0.25, 0.3) is 0 Å². The average Bonchev–Trinajstić information content (AvgIpc) is 2.59. The van der Waals surface area contributed by atoms with Crippen LogP contribution in [0.1, 0.15) is 18.4 Å². The van der Waals surface area contributed by atoms with Crippen molar-refractivity contribution in [1.29, 1.82) is 5.26 Å². The standard InChI is InChI=1S/C15H18N4OS/c1-18(2)15(21)17-12-7-6-11-4-3-5-14(20)19(9-8-16)13(11)10-12/h6-7,10H,3-5,9H2,1-2H3,(H,17,21). The van der Waals surface area contributed by atoms with Gasteiger partial charge in [-0.05, 0) is 42.8 Å². The first-order valence-corrected chi connectivity index (χ1v) is 7.22. The molecule has 6 heteroatoms. The predicted octanol–water partition coefficient (Wildman–Crippen LogP) is 2.14. The van der Waals surface area contributed by atoms with E-state index in [1.54, 1.807) is 9.80 Å². The van der Waals surface area contributed by atoms with Crippen LogP contribution in [-0.4, -0.2) is 36.6 Å². The summed E-state index contributed by atoms with van der Waals surface area (Å²) >= 11 is 5.23. The zero-order chi connectivity index (χ0) is 15.4. The van der Waals surface area contributed by atoms with Crippen LogP contribution in [-0.2, 0) is 11.2 Å². The number of hydrogen-bond acceptors (Lipinski definition) is 3. The second-order valence-corrected chi connectivity index (χ2v) is 5.55. The molecule has 1 aliphatic heterocycles. The van der Waals surface area contributed by atoms with Gasteiger partial charge in [0.15, 0.2) is 5.11 Å². The summed E-state index contributed by atoms with van der Waals surface area (Å²) in [5, 5.41) is 12.7. The van der Waals surface area contributed by atoms with Crippen LogP contribution in [0.5, 0.6) is 0 Å². The summed E-state index contributed by atoms with van der Waals surface area (Å²) in [6.07, 6.45) is 2.15. The number of benzene rings is 1. The number of aryl methyl sites for hydroxylation is 1. The summed E-state index contributed by atoms with van der Waals surface area (Å²) in [4.78, 5) is 15.5. The Balaban J connectivity index is 2.35. The summed E-state index contributed by atoms with van der Waals surface area (Å²) in [5.74, 6) is 0.00244. The van der Waals surface area contributed by atoms with Crippen LogP contribution >= 0.6 is 12.2 Å². The fourth-order valence-corrected chi connectivity index (χ4v) is 2.40. The quantitative estimate of drug-likeness (QED) is 0.670. The molecule has 0 saturated carbocycles. The van der Waals surface area contributed by atoms with E-state index in [4.69, 9.17) is 17.5 Å². The Morgan fingerprint density at radius 3 is 2.90 bits per heavy atom. The van der Waals surface area contributed by atoms with Gasteiger partial charge in [0.05, 0.1) is 11.8 Å². The monoisotopic (exact) mass is 302 g/mol. The maximum absolute atomic E-state index is 12.1. The van der Waals surface area contributed by atoms with Crippen molar-refractivity contribution in [2.45, 2.75) is 19.3 Å². The van der Waals surface area contributed by atoms with E-state index >= 15 is 0 Å².